The summed E-state index contributed by atoms with van der Waals surface area (Å²) in [5.74, 6) is 0.243. The number of hydrogen-bond acceptors (Lipinski definition) is 4. The SMILES string of the molecule is CC(C)(C)OC(=O)Nc1cc(-c2c[nH]nc2-c2cccc(C(F)(F)F)c2)ccn1. The quantitative estimate of drug-likeness (QED) is 0.604. The number of alkyl halides is 3. The molecule has 0 saturated heterocycles. The Kier molecular flexibility index (Phi) is 5.32. The summed E-state index contributed by atoms with van der Waals surface area (Å²) in [6, 6.07) is 8.19. The van der Waals surface area contributed by atoms with Crippen LogP contribution in [-0.2, 0) is 10.9 Å². The molecule has 3 rings (SSSR count). The predicted molar refractivity (Wildman–Crippen MR) is 102 cm³/mol. The van der Waals surface area contributed by atoms with Gasteiger partial charge in [-0.2, -0.15) is 18.3 Å². The summed E-state index contributed by atoms with van der Waals surface area (Å²) in [4.78, 5) is 16.0. The van der Waals surface area contributed by atoms with Crippen LogP contribution in [0.15, 0.2) is 48.8 Å². The lowest BCUT2D eigenvalue weighted by Gasteiger charge is -2.19. The van der Waals surface area contributed by atoms with Gasteiger partial charge < -0.3 is 4.74 Å². The zero-order chi connectivity index (χ0) is 21.2. The fraction of sp³-hybridized carbons (Fsp3) is 0.250. The summed E-state index contributed by atoms with van der Waals surface area (Å²) in [7, 11) is 0. The second-order valence-corrected chi connectivity index (χ2v) is 7.28. The molecule has 0 spiro atoms. The Balaban J connectivity index is 1.91. The number of nitrogens with zero attached hydrogens (tertiary/aromatic N) is 2. The molecule has 0 bridgehead atoms. The van der Waals surface area contributed by atoms with E-state index in [1.807, 2.05) is 0 Å². The summed E-state index contributed by atoms with van der Waals surface area (Å²) in [5.41, 5.74) is 0.431. The highest BCUT2D eigenvalue weighted by Gasteiger charge is 2.30. The molecule has 0 radical (unpaired) electrons. The van der Waals surface area contributed by atoms with Crippen molar-refractivity contribution >= 4 is 11.9 Å². The molecular formula is C20H19F3N4O2. The van der Waals surface area contributed by atoms with Crippen LogP contribution in [-0.4, -0.2) is 26.9 Å². The van der Waals surface area contributed by atoms with E-state index in [1.54, 1.807) is 45.2 Å². The van der Waals surface area contributed by atoms with E-state index >= 15 is 0 Å². The van der Waals surface area contributed by atoms with Crippen LogP contribution in [0.2, 0.25) is 0 Å². The normalized spacial score (nSPS) is 11.9. The Labute approximate surface area is 165 Å². The third-order valence-corrected chi connectivity index (χ3v) is 3.80. The van der Waals surface area contributed by atoms with E-state index in [1.165, 1.54) is 12.3 Å². The Morgan fingerprint density at radius 1 is 1.10 bits per heavy atom. The number of pyridine rings is 1. The van der Waals surface area contributed by atoms with Gasteiger partial charge in [0.05, 0.1) is 11.3 Å². The minimum atomic E-state index is -4.45. The van der Waals surface area contributed by atoms with Gasteiger partial charge in [-0.25, -0.2) is 9.78 Å². The number of rotatable bonds is 3. The van der Waals surface area contributed by atoms with Gasteiger partial charge in [0.2, 0.25) is 0 Å². The number of halogens is 3. The number of aromatic amines is 1. The van der Waals surface area contributed by atoms with Crippen LogP contribution >= 0.6 is 0 Å². The number of hydrogen-bond donors (Lipinski definition) is 2. The second-order valence-electron chi connectivity index (χ2n) is 7.28. The standard InChI is InChI=1S/C20H19F3N4O2/c1-19(2,3)29-18(28)26-16-10-12(7-8-24-16)15-11-25-27-17(15)13-5-4-6-14(9-13)20(21,22)23/h4-11H,1-3H3,(H,25,27)(H,24,26,28). The minimum Gasteiger partial charge on any atom is -0.444 e. The lowest BCUT2D eigenvalue weighted by Crippen LogP contribution is -2.27. The van der Waals surface area contributed by atoms with E-state index in [2.05, 4.69) is 20.5 Å². The first-order valence-corrected chi connectivity index (χ1v) is 8.71. The fourth-order valence-electron chi connectivity index (χ4n) is 2.65. The van der Waals surface area contributed by atoms with Crippen LogP contribution in [0.5, 0.6) is 0 Å². The number of carbonyl (C=O) groups is 1. The van der Waals surface area contributed by atoms with E-state index < -0.39 is 23.4 Å². The van der Waals surface area contributed by atoms with Gasteiger partial charge in [0.15, 0.2) is 0 Å². The van der Waals surface area contributed by atoms with Crippen LogP contribution in [0.25, 0.3) is 22.4 Å². The first-order chi connectivity index (χ1) is 13.5. The molecule has 2 aromatic heterocycles. The van der Waals surface area contributed by atoms with Gasteiger partial charge in [-0.05, 0) is 50.6 Å². The molecule has 6 nitrogen and oxygen atoms in total. The molecule has 0 aliphatic rings. The van der Waals surface area contributed by atoms with Gasteiger partial charge in [0, 0.05) is 23.5 Å². The van der Waals surface area contributed by atoms with Crippen molar-refractivity contribution in [3.8, 4) is 22.4 Å². The zero-order valence-corrected chi connectivity index (χ0v) is 16.0. The summed E-state index contributed by atoms with van der Waals surface area (Å²) < 4.78 is 44.3. The Morgan fingerprint density at radius 2 is 1.86 bits per heavy atom. The molecule has 0 saturated carbocycles. The predicted octanol–water partition coefficient (Wildman–Crippen LogP) is 5.50. The Morgan fingerprint density at radius 3 is 2.55 bits per heavy atom. The van der Waals surface area contributed by atoms with E-state index in [9.17, 15) is 18.0 Å². The number of carbonyl (C=O) groups excluding carboxylic acids is 1. The molecule has 0 atom stereocenters. The van der Waals surface area contributed by atoms with Crippen molar-refractivity contribution in [2.75, 3.05) is 5.32 Å². The summed E-state index contributed by atoms with van der Waals surface area (Å²) in [5, 5.41) is 9.32. The summed E-state index contributed by atoms with van der Waals surface area (Å²) >= 11 is 0. The third kappa shape index (κ3) is 5.13. The van der Waals surface area contributed by atoms with Crippen LogP contribution in [0.1, 0.15) is 26.3 Å². The number of ether oxygens (including phenoxy) is 1. The monoisotopic (exact) mass is 404 g/mol. The van der Waals surface area contributed by atoms with Gasteiger partial charge >= 0.3 is 12.3 Å². The van der Waals surface area contributed by atoms with Gasteiger partial charge in [0.1, 0.15) is 11.4 Å². The maximum atomic E-state index is 13.0. The summed E-state index contributed by atoms with van der Waals surface area (Å²) in [6.45, 7) is 5.22. The van der Waals surface area contributed by atoms with E-state index in [0.29, 0.717) is 22.4 Å². The molecule has 9 heteroatoms. The van der Waals surface area contributed by atoms with Gasteiger partial charge in [-0.1, -0.05) is 12.1 Å². The molecule has 2 N–H and O–H groups in total. The van der Waals surface area contributed by atoms with Crippen molar-refractivity contribution in [3.63, 3.8) is 0 Å². The topological polar surface area (TPSA) is 79.9 Å². The summed E-state index contributed by atoms with van der Waals surface area (Å²) in [6.07, 6.45) is -2.06. The lowest BCUT2D eigenvalue weighted by molar-refractivity contribution is -0.137. The van der Waals surface area contributed by atoms with Crippen molar-refractivity contribution in [1.82, 2.24) is 15.2 Å². The van der Waals surface area contributed by atoms with Crippen molar-refractivity contribution in [1.29, 1.82) is 0 Å². The largest absolute Gasteiger partial charge is 0.444 e. The van der Waals surface area contributed by atoms with Crippen LogP contribution < -0.4 is 5.32 Å². The highest BCUT2D eigenvalue weighted by atomic mass is 19.4. The number of anilines is 1. The van der Waals surface area contributed by atoms with Gasteiger partial charge in [0.25, 0.3) is 0 Å². The van der Waals surface area contributed by atoms with Crippen LogP contribution in [0, 0.1) is 0 Å². The molecule has 152 valence electrons. The second kappa shape index (κ2) is 7.57. The molecule has 2 heterocycles. The molecule has 1 amide bonds. The number of benzene rings is 1. The molecule has 29 heavy (non-hydrogen) atoms. The maximum absolute atomic E-state index is 13.0. The molecule has 3 aromatic rings. The first-order valence-electron chi connectivity index (χ1n) is 8.71. The average molecular weight is 404 g/mol. The van der Waals surface area contributed by atoms with E-state index in [-0.39, 0.29) is 5.82 Å². The molecule has 0 aliphatic heterocycles. The number of H-pyrrole nitrogens is 1. The molecule has 0 fully saturated rings. The smallest absolute Gasteiger partial charge is 0.416 e. The van der Waals surface area contributed by atoms with E-state index in [4.69, 9.17) is 4.74 Å². The van der Waals surface area contributed by atoms with Crippen molar-refractivity contribution in [2.45, 2.75) is 32.5 Å². The first kappa shape index (κ1) is 20.4. The number of nitrogens with one attached hydrogen (secondary N) is 2. The van der Waals surface area contributed by atoms with Crippen molar-refractivity contribution in [3.05, 3.63) is 54.4 Å². The average Bonchev–Trinajstić information content (AvgIpc) is 3.09. The maximum Gasteiger partial charge on any atom is 0.416 e. The van der Waals surface area contributed by atoms with E-state index in [0.717, 1.165) is 12.1 Å². The minimum absolute atomic E-state index is 0.243. The van der Waals surface area contributed by atoms with Crippen LogP contribution in [0.3, 0.4) is 0 Å². The van der Waals surface area contributed by atoms with Gasteiger partial charge in [-0.15, -0.1) is 0 Å². The molecule has 1 aromatic carbocycles. The molecule has 0 unspecified atom stereocenters. The zero-order valence-electron chi connectivity index (χ0n) is 16.0. The van der Waals surface area contributed by atoms with Crippen molar-refractivity contribution in [2.24, 2.45) is 0 Å². The van der Waals surface area contributed by atoms with Crippen molar-refractivity contribution < 1.29 is 22.7 Å². The van der Waals surface area contributed by atoms with Crippen LogP contribution in [0.4, 0.5) is 23.8 Å². The highest BCUT2D eigenvalue weighted by molar-refractivity contribution is 5.86. The fourth-order valence-corrected chi connectivity index (χ4v) is 2.65. The number of amides is 1. The Hall–Kier alpha value is -3.36. The number of aromatic nitrogens is 3. The molecular weight excluding hydrogens is 385 g/mol. The van der Waals surface area contributed by atoms with Gasteiger partial charge in [-0.3, -0.25) is 10.4 Å². The third-order valence-electron chi connectivity index (χ3n) is 3.80. The Bertz CT molecular complexity index is 1020. The molecule has 0 aliphatic carbocycles. The lowest BCUT2D eigenvalue weighted by atomic mass is 10.0. The highest BCUT2D eigenvalue weighted by Crippen LogP contribution is 2.35.